The first-order valence-corrected chi connectivity index (χ1v) is 5.86. The smallest absolute Gasteiger partial charge is 0.238 e. The van der Waals surface area contributed by atoms with Crippen LogP contribution in [0.4, 0.5) is 5.69 Å². The first-order chi connectivity index (χ1) is 8.08. The highest BCUT2D eigenvalue weighted by molar-refractivity contribution is 8.15. The summed E-state index contributed by atoms with van der Waals surface area (Å²) in [6.45, 7) is 0. The second-order valence-corrected chi connectivity index (χ2v) is 4.42. The van der Waals surface area contributed by atoms with E-state index in [0.29, 0.717) is 16.6 Å². The molecular weight excluding hydrogens is 240 g/mol. The minimum absolute atomic E-state index is 0.00944. The molecule has 1 saturated heterocycles. The SMILES string of the molecule is CN1C(=O)CSC1=Nc1cccc(C(=O)[O-])c1. The summed E-state index contributed by atoms with van der Waals surface area (Å²) in [7, 11) is 1.64. The highest BCUT2D eigenvalue weighted by atomic mass is 32.2. The fraction of sp³-hybridized carbons (Fsp3) is 0.182. The number of hydrogen-bond acceptors (Lipinski definition) is 5. The van der Waals surface area contributed by atoms with Crippen molar-refractivity contribution in [1.29, 1.82) is 0 Å². The fourth-order valence-corrected chi connectivity index (χ4v) is 2.26. The Balaban J connectivity index is 2.30. The van der Waals surface area contributed by atoms with Crippen LogP contribution in [0, 0.1) is 0 Å². The van der Waals surface area contributed by atoms with Crippen LogP contribution in [0.3, 0.4) is 0 Å². The molecular formula is C11H9N2O3S-. The number of aromatic carboxylic acids is 1. The number of carbonyl (C=O) groups excluding carboxylic acids is 2. The van der Waals surface area contributed by atoms with Crippen molar-refractivity contribution in [2.24, 2.45) is 4.99 Å². The third-order valence-corrected chi connectivity index (χ3v) is 3.31. The molecule has 0 atom stereocenters. The van der Waals surface area contributed by atoms with E-state index < -0.39 is 5.97 Å². The highest BCUT2D eigenvalue weighted by Crippen LogP contribution is 2.22. The summed E-state index contributed by atoms with van der Waals surface area (Å²) < 4.78 is 0. The molecule has 5 nitrogen and oxygen atoms in total. The number of rotatable bonds is 2. The highest BCUT2D eigenvalue weighted by Gasteiger charge is 2.24. The molecule has 1 heterocycles. The normalized spacial score (nSPS) is 17.8. The van der Waals surface area contributed by atoms with Gasteiger partial charge in [0.2, 0.25) is 5.91 Å². The van der Waals surface area contributed by atoms with Crippen molar-refractivity contribution >= 4 is 34.5 Å². The Hall–Kier alpha value is -1.82. The van der Waals surface area contributed by atoms with Crippen LogP contribution < -0.4 is 5.11 Å². The molecule has 1 aromatic rings. The Morgan fingerprint density at radius 2 is 2.29 bits per heavy atom. The van der Waals surface area contributed by atoms with Crippen LogP contribution >= 0.6 is 11.8 Å². The lowest BCUT2D eigenvalue weighted by atomic mass is 10.2. The monoisotopic (exact) mass is 249 g/mol. The van der Waals surface area contributed by atoms with E-state index in [-0.39, 0.29) is 11.5 Å². The number of carboxylic acid groups (broad SMARTS) is 1. The number of carbonyl (C=O) groups is 2. The average molecular weight is 249 g/mol. The summed E-state index contributed by atoms with van der Waals surface area (Å²) in [5.41, 5.74) is 0.569. The Morgan fingerprint density at radius 1 is 1.53 bits per heavy atom. The van der Waals surface area contributed by atoms with Crippen LogP contribution in [-0.2, 0) is 4.79 Å². The zero-order chi connectivity index (χ0) is 12.4. The van der Waals surface area contributed by atoms with E-state index in [1.165, 1.54) is 28.8 Å². The number of thioether (sulfide) groups is 1. The van der Waals surface area contributed by atoms with Gasteiger partial charge in [-0.25, -0.2) is 4.99 Å². The molecule has 0 aromatic heterocycles. The van der Waals surface area contributed by atoms with Crippen molar-refractivity contribution in [3.05, 3.63) is 29.8 Å². The zero-order valence-corrected chi connectivity index (χ0v) is 9.86. The molecule has 1 fully saturated rings. The van der Waals surface area contributed by atoms with Gasteiger partial charge in [0.05, 0.1) is 17.4 Å². The van der Waals surface area contributed by atoms with Crippen LogP contribution in [0.25, 0.3) is 0 Å². The van der Waals surface area contributed by atoms with Gasteiger partial charge in [-0.05, 0) is 17.7 Å². The molecule has 6 heteroatoms. The third-order valence-electron chi connectivity index (χ3n) is 2.29. The summed E-state index contributed by atoms with van der Waals surface area (Å²) in [6.07, 6.45) is 0. The molecule has 0 spiro atoms. The lowest BCUT2D eigenvalue weighted by Gasteiger charge is -2.08. The number of hydrogen-bond donors (Lipinski definition) is 0. The van der Waals surface area contributed by atoms with E-state index in [1.807, 2.05) is 0 Å². The van der Waals surface area contributed by atoms with Gasteiger partial charge in [0.25, 0.3) is 0 Å². The topological polar surface area (TPSA) is 72.8 Å². The molecule has 17 heavy (non-hydrogen) atoms. The van der Waals surface area contributed by atoms with Gasteiger partial charge in [-0.15, -0.1) is 0 Å². The first kappa shape index (κ1) is 11.7. The van der Waals surface area contributed by atoms with Gasteiger partial charge in [-0.2, -0.15) is 0 Å². The second kappa shape index (κ2) is 4.58. The molecule has 1 aliphatic rings. The lowest BCUT2D eigenvalue weighted by Crippen LogP contribution is -2.24. The molecule has 1 aliphatic heterocycles. The standard InChI is InChI=1S/C11H10N2O3S/c1-13-9(14)6-17-11(13)12-8-4-2-3-7(5-8)10(15)16/h2-5H,6H2,1H3,(H,15,16)/p-1. The Bertz CT molecular complexity index is 513. The number of nitrogens with zero attached hydrogens (tertiary/aromatic N) is 2. The van der Waals surface area contributed by atoms with E-state index in [0.717, 1.165) is 0 Å². The predicted octanol–water partition coefficient (Wildman–Crippen LogP) is 0.243. The second-order valence-electron chi connectivity index (χ2n) is 3.47. The van der Waals surface area contributed by atoms with E-state index >= 15 is 0 Å². The van der Waals surface area contributed by atoms with Gasteiger partial charge >= 0.3 is 0 Å². The van der Waals surface area contributed by atoms with E-state index in [1.54, 1.807) is 19.2 Å². The Morgan fingerprint density at radius 3 is 2.88 bits per heavy atom. The molecule has 0 aliphatic carbocycles. The molecule has 0 bridgehead atoms. The molecule has 2 rings (SSSR count). The fourth-order valence-electron chi connectivity index (χ4n) is 1.35. The number of carboxylic acids is 1. The van der Waals surface area contributed by atoms with Gasteiger partial charge in [0.15, 0.2) is 5.17 Å². The van der Waals surface area contributed by atoms with Crippen molar-refractivity contribution in [3.63, 3.8) is 0 Å². The molecule has 1 aromatic carbocycles. The molecule has 0 radical (unpaired) electrons. The van der Waals surface area contributed by atoms with Crippen LogP contribution in [0.5, 0.6) is 0 Å². The molecule has 0 saturated carbocycles. The number of benzene rings is 1. The summed E-state index contributed by atoms with van der Waals surface area (Å²) in [4.78, 5) is 27.6. The molecule has 0 unspecified atom stereocenters. The largest absolute Gasteiger partial charge is 0.545 e. The van der Waals surface area contributed by atoms with E-state index in [2.05, 4.69) is 4.99 Å². The van der Waals surface area contributed by atoms with Crippen molar-refractivity contribution in [3.8, 4) is 0 Å². The third kappa shape index (κ3) is 2.47. The number of amidine groups is 1. The van der Waals surface area contributed by atoms with Crippen LogP contribution in [-0.4, -0.2) is 34.7 Å². The quantitative estimate of drug-likeness (QED) is 0.752. The number of aliphatic imine (C=N–C) groups is 1. The van der Waals surface area contributed by atoms with Crippen molar-refractivity contribution in [2.45, 2.75) is 0 Å². The molecule has 0 N–H and O–H groups in total. The van der Waals surface area contributed by atoms with E-state index in [9.17, 15) is 14.7 Å². The minimum atomic E-state index is -1.24. The van der Waals surface area contributed by atoms with E-state index in [4.69, 9.17) is 0 Å². The van der Waals surface area contributed by atoms with Crippen molar-refractivity contribution < 1.29 is 14.7 Å². The van der Waals surface area contributed by atoms with Crippen LogP contribution in [0.2, 0.25) is 0 Å². The van der Waals surface area contributed by atoms with Gasteiger partial charge in [-0.3, -0.25) is 9.69 Å². The maximum absolute atomic E-state index is 11.3. The predicted molar refractivity (Wildman–Crippen MR) is 63.1 cm³/mol. The first-order valence-electron chi connectivity index (χ1n) is 4.87. The average Bonchev–Trinajstić information content (AvgIpc) is 2.61. The molecule has 88 valence electrons. The van der Waals surface area contributed by atoms with Crippen molar-refractivity contribution in [2.75, 3.05) is 12.8 Å². The van der Waals surface area contributed by atoms with Crippen molar-refractivity contribution in [1.82, 2.24) is 4.90 Å². The maximum atomic E-state index is 11.3. The Kier molecular flexibility index (Phi) is 3.14. The van der Waals surface area contributed by atoms with Gasteiger partial charge in [-0.1, -0.05) is 23.9 Å². The van der Waals surface area contributed by atoms with Gasteiger partial charge in [0, 0.05) is 7.05 Å². The minimum Gasteiger partial charge on any atom is -0.545 e. The lowest BCUT2D eigenvalue weighted by molar-refractivity contribution is -0.255. The van der Waals surface area contributed by atoms with Crippen LogP contribution in [0.1, 0.15) is 10.4 Å². The summed E-state index contributed by atoms with van der Waals surface area (Å²) in [6, 6.07) is 6.12. The zero-order valence-electron chi connectivity index (χ0n) is 9.04. The summed E-state index contributed by atoms with van der Waals surface area (Å²) >= 11 is 1.33. The molecule has 1 amide bonds. The van der Waals surface area contributed by atoms with Crippen LogP contribution in [0.15, 0.2) is 29.3 Å². The summed E-state index contributed by atoms with van der Waals surface area (Å²) in [5.74, 6) is -0.879. The number of amides is 1. The van der Waals surface area contributed by atoms with Gasteiger partial charge < -0.3 is 9.90 Å². The Labute approximate surface area is 102 Å². The summed E-state index contributed by atoms with van der Waals surface area (Å²) in [5, 5.41) is 11.3. The van der Waals surface area contributed by atoms with Gasteiger partial charge in [0.1, 0.15) is 0 Å². The maximum Gasteiger partial charge on any atom is 0.238 e.